The second kappa shape index (κ2) is 7.39. The van der Waals surface area contributed by atoms with E-state index in [1.165, 1.54) is 23.7 Å². The van der Waals surface area contributed by atoms with Crippen LogP contribution in [0.15, 0.2) is 22.8 Å². The van der Waals surface area contributed by atoms with Crippen molar-refractivity contribution < 1.29 is 4.42 Å². The van der Waals surface area contributed by atoms with Crippen molar-refractivity contribution in [1.82, 2.24) is 5.32 Å². The monoisotopic (exact) mass is 271 g/mol. The molecule has 0 aromatic carbocycles. The Morgan fingerprint density at radius 1 is 1.53 bits per heavy atom. The minimum absolute atomic E-state index is 0.555. The topological polar surface area (TPSA) is 25.2 Å². The molecule has 2 heterocycles. The Balaban J connectivity index is 1.91. The highest BCUT2D eigenvalue weighted by molar-refractivity contribution is 8.06. The fourth-order valence-electron chi connectivity index (χ4n) is 2.05. The first kappa shape index (κ1) is 13.4. The molecular weight excluding hydrogens is 250 g/mol. The smallest absolute Gasteiger partial charge is 0.105 e. The van der Waals surface area contributed by atoms with Gasteiger partial charge in [-0.2, -0.15) is 23.5 Å². The zero-order chi connectivity index (χ0) is 11.9. The molecule has 0 aliphatic carbocycles. The van der Waals surface area contributed by atoms with Gasteiger partial charge in [-0.25, -0.2) is 0 Å². The summed E-state index contributed by atoms with van der Waals surface area (Å²) in [4.78, 5) is 0. The lowest BCUT2D eigenvalue weighted by Gasteiger charge is -2.29. The van der Waals surface area contributed by atoms with Gasteiger partial charge in [0.25, 0.3) is 0 Å². The molecule has 17 heavy (non-hydrogen) atoms. The van der Waals surface area contributed by atoms with Gasteiger partial charge in [0.2, 0.25) is 0 Å². The molecule has 2 rings (SSSR count). The first-order chi connectivity index (χ1) is 8.40. The van der Waals surface area contributed by atoms with Crippen molar-refractivity contribution in [2.45, 2.75) is 31.1 Å². The first-order valence-corrected chi connectivity index (χ1v) is 8.55. The highest BCUT2D eigenvalue weighted by atomic mass is 32.2. The number of thioether (sulfide) groups is 2. The van der Waals surface area contributed by atoms with Crippen molar-refractivity contribution in [2.75, 3.05) is 23.8 Å². The Hall–Kier alpha value is -0.0600. The molecule has 2 atom stereocenters. The molecule has 1 fully saturated rings. The largest absolute Gasteiger partial charge is 0.469 e. The fraction of sp³-hybridized carbons (Fsp3) is 0.692. The van der Waals surface area contributed by atoms with Crippen LogP contribution >= 0.6 is 23.5 Å². The highest BCUT2D eigenvalue weighted by Gasteiger charge is 2.24. The van der Waals surface area contributed by atoms with Crippen molar-refractivity contribution in [2.24, 2.45) is 0 Å². The van der Waals surface area contributed by atoms with Crippen LogP contribution in [-0.4, -0.2) is 35.1 Å². The number of nitrogens with one attached hydrogen (secondary N) is 1. The second-order valence-corrected chi connectivity index (χ2v) is 6.83. The maximum absolute atomic E-state index is 5.48. The first-order valence-electron chi connectivity index (χ1n) is 6.35. The van der Waals surface area contributed by atoms with Crippen LogP contribution in [0.5, 0.6) is 0 Å². The van der Waals surface area contributed by atoms with Crippen LogP contribution in [0.3, 0.4) is 0 Å². The highest BCUT2D eigenvalue weighted by Crippen LogP contribution is 2.27. The Bertz CT molecular complexity index is 296. The molecule has 0 spiro atoms. The summed E-state index contributed by atoms with van der Waals surface area (Å²) in [5.74, 6) is 4.97. The van der Waals surface area contributed by atoms with Gasteiger partial charge in [0, 0.05) is 35.0 Å². The van der Waals surface area contributed by atoms with Crippen LogP contribution in [0.4, 0.5) is 0 Å². The van der Waals surface area contributed by atoms with Crippen LogP contribution in [-0.2, 0) is 6.42 Å². The lowest BCUT2D eigenvalue weighted by Crippen LogP contribution is -2.42. The van der Waals surface area contributed by atoms with E-state index in [9.17, 15) is 0 Å². The fourth-order valence-corrected chi connectivity index (χ4v) is 4.94. The quantitative estimate of drug-likeness (QED) is 0.860. The van der Waals surface area contributed by atoms with Crippen LogP contribution in [0, 0.1) is 0 Å². The van der Waals surface area contributed by atoms with Crippen LogP contribution in [0.1, 0.15) is 19.1 Å². The van der Waals surface area contributed by atoms with Crippen LogP contribution in [0.25, 0.3) is 0 Å². The van der Waals surface area contributed by atoms with Gasteiger partial charge in [0.15, 0.2) is 0 Å². The van der Waals surface area contributed by atoms with Crippen molar-refractivity contribution in [3.05, 3.63) is 24.2 Å². The van der Waals surface area contributed by atoms with E-state index in [0.717, 1.165) is 24.0 Å². The van der Waals surface area contributed by atoms with E-state index in [0.29, 0.717) is 6.04 Å². The van der Waals surface area contributed by atoms with Gasteiger partial charge in [0.1, 0.15) is 5.76 Å². The molecule has 1 aromatic heterocycles. The van der Waals surface area contributed by atoms with Crippen molar-refractivity contribution in [1.29, 1.82) is 0 Å². The number of hydrogen-bond acceptors (Lipinski definition) is 4. The summed E-state index contributed by atoms with van der Waals surface area (Å²) < 4.78 is 5.48. The standard InChI is InChI=1S/C13H21NOS2/c1-2-5-14-12(9-11-4-3-6-15-11)13-10-16-7-8-17-13/h3-4,6,12-14H,2,5,7-10H2,1H3. The zero-order valence-corrected chi connectivity index (χ0v) is 12.0. The van der Waals surface area contributed by atoms with E-state index in [4.69, 9.17) is 4.42 Å². The summed E-state index contributed by atoms with van der Waals surface area (Å²) in [6.45, 7) is 3.33. The zero-order valence-electron chi connectivity index (χ0n) is 10.4. The Morgan fingerprint density at radius 2 is 2.47 bits per heavy atom. The van der Waals surface area contributed by atoms with Crippen LogP contribution in [0.2, 0.25) is 0 Å². The maximum atomic E-state index is 5.48. The summed E-state index contributed by atoms with van der Waals surface area (Å²) in [5.41, 5.74) is 0. The predicted octanol–water partition coefficient (Wildman–Crippen LogP) is 3.04. The van der Waals surface area contributed by atoms with Crippen LogP contribution < -0.4 is 5.32 Å². The Morgan fingerprint density at radius 3 is 3.12 bits per heavy atom. The second-order valence-electron chi connectivity index (χ2n) is 4.33. The summed E-state index contributed by atoms with van der Waals surface area (Å²) in [6.07, 6.45) is 3.99. The molecule has 1 N–H and O–H groups in total. The number of furan rings is 1. The lowest BCUT2D eigenvalue weighted by molar-refractivity contribution is 0.439. The average Bonchev–Trinajstić information content (AvgIpc) is 2.88. The molecule has 1 aliphatic heterocycles. The molecular formula is C13H21NOS2. The van der Waals surface area contributed by atoms with E-state index in [2.05, 4.69) is 41.8 Å². The molecule has 2 nitrogen and oxygen atoms in total. The van der Waals surface area contributed by atoms with E-state index >= 15 is 0 Å². The van der Waals surface area contributed by atoms with E-state index in [1.54, 1.807) is 6.26 Å². The van der Waals surface area contributed by atoms with Gasteiger partial charge in [-0.1, -0.05) is 6.92 Å². The molecule has 1 aliphatic rings. The Kier molecular flexibility index (Phi) is 5.81. The summed E-state index contributed by atoms with van der Waals surface area (Å²) in [5, 5.41) is 4.41. The molecule has 1 saturated heterocycles. The molecule has 0 amide bonds. The summed E-state index contributed by atoms with van der Waals surface area (Å²) >= 11 is 4.20. The predicted molar refractivity (Wildman–Crippen MR) is 78.1 cm³/mol. The van der Waals surface area contributed by atoms with Gasteiger partial charge >= 0.3 is 0 Å². The molecule has 0 bridgehead atoms. The van der Waals surface area contributed by atoms with Gasteiger partial charge in [0.05, 0.1) is 6.26 Å². The van der Waals surface area contributed by atoms with Gasteiger partial charge < -0.3 is 9.73 Å². The van der Waals surface area contributed by atoms with Gasteiger partial charge in [-0.05, 0) is 25.1 Å². The average molecular weight is 271 g/mol. The van der Waals surface area contributed by atoms with E-state index in [1.807, 2.05) is 6.07 Å². The summed E-state index contributed by atoms with van der Waals surface area (Å²) in [6, 6.07) is 4.62. The molecule has 0 saturated carbocycles. The normalized spacial score (nSPS) is 22.5. The van der Waals surface area contributed by atoms with Crippen molar-refractivity contribution in [3.63, 3.8) is 0 Å². The maximum Gasteiger partial charge on any atom is 0.105 e. The van der Waals surface area contributed by atoms with E-state index in [-0.39, 0.29) is 0 Å². The third-order valence-electron chi connectivity index (χ3n) is 2.95. The number of hydrogen-bond donors (Lipinski definition) is 1. The Labute approximate surface area is 112 Å². The lowest BCUT2D eigenvalue weighted by atomic mass is 10.1. The SMILES string of the molecule is CCCNC(Cc1ccco1)C1CSCCS1. The molecule has 2 unspecified atom stereocenters. The summed E-state index contributed by atoms with van der Waals surface area (Å²) in [7, 11) is 0. The third-order valence-corrected chi connectivity index (χ3v) is 5.87. The molecule has 0 radical (unpaired) electrons. The van der Waals surface area contributed by atoms with Crippen molar-refractivity contribution in [3.8, 4) is 0 Å². The van der Waals surface area contributed by atoms with Crippen molar-refractivity contribution >= 4 is 23.5 Å². The molecule has 4 heteroatoms. The molecule has 1 aromatic rings. The van der Waals surface area contributed by atoms with Gasteiger partial charge in [-0.15, -0.1) is 0 Å². The minimum atomic E-state index is 0.555. The minimum Gasteiger partial charge on any atom is -0.469 e. The number of rotatable bonds is 6. The molecule has 96 valence electrons. The third kappa shape index (κ3) is 4.27. The van der Waals surface area contributed by atoms with Gasteiger partial charge in [-0.3, -0.25) is 0 Å². The van der Waals surface area contributed by atoms with E-state index < -0.39 is 0 Å².